The molecule has 0 fully saturated rings. The van der Waals surface area contributed by atoms with E-state index in [-0.39, 0.29) is 17.3 Å². The molecular weight excluding hydrogens is 384 g/mol. The van der Waals surface area contributed by atoms with Crippen LogP contribution in [0.1, 0.15) is 23.0 Å². The van der Waals surface area contributed by atoms with Crippen LogP contribution in [0.5, 0.6) is 11.5 Å². The Balaban J connectivity index is 1.85. The summed E-state index contributed by atoms with van der Waals surface area (Å²) >= 11 is 0. The molecule has 2 amide bonds. The summed E-state index contributed by atoms with van der Waals surface area (Å²) in [6, 6.07) is 16.3. The van der Waals surface area contributed by atoms with Crippen molar-refractivity contribution in [1.29, 1.82) is 5.26 Å². The van der Waals surface area contributed by atoms with Gasteiger partial charge in [0, 0.05) is 11.6 Å². The minimum Gasteiger partial charge on any atom is -0.457 e. The number of aromatic nitrogens is 2. The van der Waals surface area contributed by atoms with E-state index < -0.39 is 17.9 Å². The van der Waals surface area contributed by atoms with E-state index in [1.54, 1.807) is 55.5 Å². The second-order valence-corrected chi connectivity index (χ2v) is 6.36. The molecule has 2 aromatic carbocycles. The number of carbonyl (C=O) groups is 2. The lowest BCUT2D eigenvalue weighted by molar-refractivity contribution is -0.118. The van der Waals surface area contributed by atoms with Crippen molar-refractivity contribution in [3.63, 3.8) is 0 Å². The summed E-state index contributed by atoms with van der Waals surface area (Å²) in [5, 5.41) is 11.7. The number of benzene rings is 2. The van der Waals surface area contributed by atoms with Crippen LogP contribution in [-0.4, -0.2) is 27.8 Å². The number of anilines is 1. The Morgan fingerprint density at radius 3 is 2.17 bits per heavy atom. The first-order valence-electron chi connectivity index (χ1n) is 8.89. The van der Waals surface area contributed by atoms with Crippen LogP contribution < -0.4 is 21.5 Å². The molecule has 0 radical (unpaired) electrons. The molecule has 0 aliphatic heterocycles. The number of nitrogens with two attached hydrogens (primary N) is 2. The molecule has 5 N–H and O–H groups in total. The van der Waals surface area contributed by atoms with Crippen LogP contribution in [0.4, 0.5) is 5.82 Å². The molecule has 150 valence electrons. The van der Waals surface area contributed by atoms with E-state index in [0.29, 0.717) is 22.6 Å². The fourth-order valence-corrected chi connectivity index (χ4v) is 2.48. The van der Waals surface area contributed by atoms with Crippen molar-refractivity contribution in [2.45, 2.75) is 13.0 Å². The molecule has 1 aromatic heterocycles. The van der Waals surface area contributed by atoms with E-state index >= 15 is 0 Å². The number of carbonyl (C=O) groups excluding carboxylic acids is 2. The highest BCUT2D eigenvalue weighted by molar-refractivity contribution is 5.92. The highest BCUT2D eigenvalue weighted by Crippen LogP contribution is 2.25. The first-order chi connectivity index (χ1) is 14.4. The van der Waals surface area contributed by atoms with Crippen molar-refractivity contribution in [2.75, 3.05) is 5.32 Å². The Labute approximate surface area is 172 Å². The predicted molar refractivity (Wildman–Crippen MR) is 109 cm³/mol. The van der Waals surface area contributed by atoms with Gasteiger partial charge in [-0.3, -0.25) is 9.59 Å². The number of nitrogens with one attached hydrogen (secondary N) is 1. The number of ether oxygens (including phenoxy) is 1. The lowest BCUT2D eigenvalue weighted by Crippen LogP contribution is -2.33. The number of amides is 2. The van der Waals surface area contributed by atoms with Crippen molar-refractivity contribution in [3.8, 4) is 29.0 Å². The summed E-state index contributed by atoms with van der Waals surface area (Å²) in [6.45, 7) is 1.57. The summed E-state index contributed by atoms with van der Waals surface area (Å²) in [5.41, 5.74) is 11.8. The monoisotopic (exact) mass is 402 g/mol. The molecule has 1 unspecified atom stereocenters. The zero-order valence-corrected chi connectivity index (χ0v) is 16.0. The average Bonchev–Trinajstić information content (AvgIpc) is 2.74. The van der Waals surface area contributed by atoms with Gasteiger partial charge in [-0.05, 0) is 55.5 Å². The van der Waals surface area contributed by atoms with Gasteiger partial charge in [0.05, 0.1) is 11.6 Å². The molecule has 0 aliphatic rings. The fourth-order valence-electron chi connectivity index (χ4n) is 2.48. The van der Waals surface area contributed by atoms with Crippen LogP contribution in [0.25, 0.3) is 11.4 Å². The summed E-state index contributed by atoms with van der Waals surface area (Å²) in [5.74, 6) is 0.346. The van der Waals surface area contributed by atoms with E-state index in [1.807, 2.05) is 6.07 Å². The Bertz CT molecular complexity index is 1120. The normalized spacial score (nSPS) is 11.2. The van der Waals surface area contributed by atoms with Crippen LogP contribution in [-0.2, 0) is 4.79 Å². The SMILES string of the molecule is CC(Nc1cc(C(N)=O)nc(-c2ccc(Oc3ccc(C#N)cc3)cc2)n1)C(N)=O. The molecular formula is C21H18N6O3. The fraction of sp³-hybridized carbons (Fsp3) is 0.0952. The summed E-state index contributed by atoms with van der Waals surface area (Å²) in [4.78, 5) is 31.4. The van der Waals surface area contributed by atoms with Crippen LogP contribution in [0.2, 0.25) is 0 Å². The second-order valence-electron chi connectivity index (χ2n) is 6.36. The van der Waals surface area contributed by atoms with Crippen molar-refractivity contribution in [1.82, 2.24) is 9.97 Å². The van der Waals surface area contributed by atoms with Gasteiger partial charge in [0.2, 0.25) is 5.91 Å². The molecule has 9 nitrogen and oxygen atoms in total. The minimum absolute atomic E-state index is 0.00270. The molecule has 3 aromatic rings. The van der Waals surface area contributed by atoms with Gasteiger partial charge in [-0.1, -0.05) is 0 Å². The third kappa shape index (κ3) is 4.88. The van der Waals surface area contributed by atoms with Crippen molar-refractivity contribution in [2.24, 2.45) is 11.5 Å². The molecule has 0 bridgehead atoms. The van der Waals surface area contributed by atoms with Gasteiger partial charge in [-0.2, -0.15) is 5.26 Å². The van der Waals surface area contributed by atoms with E-state index in [9.17, 15) is 9.59 Å². The van der Waals surface area contributed by atoms with Gasteiger partial charge in [-0.25, -0.2) is 9.97 Å². The number of primary amides is 2. The van der Waals surface area contributed by atoms with Gasteiger partial charge >= 0.3 is 0 Å². The molecule has 9 heteroatoms. The lowest BCUT2D eigenvalue weighted by atomic mass is 10.2. The quantitative estimate of drug-likeness (QED) is 0.546. The van der Waals surface area contributed by atoms with E-state index in [0.717, 1.165) is 0 Å². The Morgan fingerprint density at radius 2 is 1.63 bits per heavy atom. The number of rotatable bonds is 7. The topological polar surface area (TPSA) is 157 Å². The summed E-state index contributed by atoms with van der Waals surface area (Å²) in [7, 11) is 0. The van der Waals surface area contributed by atoms with Gasteiger partial charge < -0.3 is 21.5 Å². The van der Waals surface area contributed by atoms with Crippen molar-refractivity contribution >= 4 is 17.6 Å². The molecule has 1 heterocycles. The van der Waals surface area contributed by atoms with E-state index in [1.165, 1.54) is 6.07 Å². The summed E-state index contributed by atoms with van der Waals surface area (Å²) < 4.78 is 5.75. The highest BCUT2D eigenvalue weighted by atomic mass is 16.5. The average molecular weight is 402 g/mol. The third-order valence-corrected chi connectivity index (χ3v) is 4.10. The van der Waals surface area contributed by atoms with Gasteiger partial charge in [0.15, 0.2) is 5.82 Å². The van der Waals surface area contributed by atoms with Crippen LogP contribution in [0.15, 0.2) is 54.6 Å². The van der Waals surface area contributed by atoms with Gasteiger partial charge in [0.25, 0.3) is 5.91 Å². The Kier molecular flexibility index (Phi) is 5.89. The Hall–Kier alpha value is -4.45. The smallest absolute Gasteiger partial charge is 0.267 e. The maximum absolute atomic E-state index is 11.6. The lowest BCUT2D eigenvalue weighted by Gasteiger charge is -2.13. The molecule has 30 heavy (non-hydrogen) atoms. The standard InChI is InChI=1S/C21H18N6O3/c1-12(19(23)28)25-18-10-17(20(24)29)26-21(27-18)14-4-8-16(9-5-14)30-15-6-2-13(11-22)3-7-15/h2-10,12H,1H3,(H2,23,28)(H2,24,29)(H,25,26,27). The first kappa shape index (κ1) is 20.3. The second kappa shape index (κ2) is 8.70. The predicted octanol–water partition coefficient (Wildman–Crippen LogP) is 2.19. The van der Waals surface area contributed by atoms with Gasteiger partial charge in [0.1, 0.15) is 29.1 Å². The zero-order valence-electron chi connectivity index (χ0n) is 16.0. The number of hydrogen-bond acceptors (Lipinski definition) is 7. The van der Waals surface area contributed by atoms with Crippen molar-refractivity contribution < 1.29 is 14.3 Å². The maximum Gasteiger partial charge on any atom is 0.267 e. The molecule has 0 spiro atoms. The van der Waals surface area contributed by atoms with E-state index in [4.69, 9.17) is 21.5 Å². The van der Waals surface area contributed by atoms with Crippen LogP contribution in [0.3, 0.4) is 0 Å². The largest absolute Gasteiger partial charge is 0.457 e. The Morgan fingerprint density at radius 1 is 1.03 bits per heavy atom. The number of nitrogens with zero attached hydrogens (tertiary/aromatic N) is 3. The summed E-state index contributed by atoms with van der Waals surface area (Å²) in [6.07, 6.45) is 0. The third-order valence-electron chi connectivity index (χ3n) is 4.10. The number of hydrogen-bond donors (Lipinski definition) is 3. The molecule has 3 rings (SSSR count). The molecule has 0 saturated carbocycles. The van der Waals surface area contributed by atoms with Crippen LogP contribution >= 0.6 is 0 Å². The molecule has 0 saturated heterocycles. The van der Waals surface area contributed by atoms with Gasteiger partial charge in [-0.15, -0.1) is 0 Å². The van der Waals surface area contributed by atoms with Crippen LogP contribution in [0, 0.1) is 11.3 Å². The van der Waals surface area contributed by atoms with E-state index in [2.05, 4.69) is 15.3 Å². The highest BCUT2D eigenvalue weighted by Gasteiger charge is 2.14. The molecule has 1 atom stereocenters. The maximum atomic E-state index is 11.6. The van der Waals surface area contributed by atoms with Crippen molar-refractivity contribution in [3.05, 3.63) is 65.9 Å². The molecule has 0 aliphatic carbocycles. The first-order valence-corrected chi connectivity index (χ1v) is 8.89. The number of nitriles is 1. The zero-order chi connectivity index (χ0) is 21.7. The minimum atomic E-state index is -0.728.